The number of imidazole rings is 1. The van der Waals surface area contributed by atoms with Gasteiger partial charge in [0.2, 0.25) is 5.95 Å². The van der Waals surface area contributed by atoms with E-state index in [4.69, 9.17) is 15.7 Å². The lowest BCUT2D eigenvalue weighted by Crippen LogP contribution is -2.37. The molecule has 2 aromatic heterocycles. The Morgan fingerprint density at radius 1 is 1.14 bits per heavy atom. The third-order valence-electron chi connectivity index (χ3n) is 6.03. The fourth-order valence-corrected chi connectivity index (χ4v) is 4.13. The maximum Gasteiger partial charge on any atom is 0.227 e. The fourth-order valence-electron chi connectivity index (χ4n) is 4.13. The number of rotatable bonds is 5. The van der Waals surface area contributed by atoms with Crippen molar-refractivity contribution in [1.82, 2.24) is 19.5 Å². The second-order valence-electron chi connectivity index (χ2n) is 8.33. The minimum atomic E-state index is 0. The van der Waals surface area contributed by atoms with Crippen LogP contribution in [-0.2, 0) is 6.54 Å². The average molecular weight is 442 g/mol. The Morgan fingerprint density at radius 3 is 2.38 bits per heavy atom. The number of nitrogens with zero attached hydrogens (tertiary/aromatic N) is 6. The third-order valence-corrected chi connectivity index (χ3v) is 6.03. The van der Waals surface area contributed by atoms with Crippen LogP contribution in [0.5, 0.6) is 0 Å². The van der Waals surface area contributed by atoms with Crippen LogP contribution in [0.15, 0.2) is 18.5 Å². The zero-order valence-electron chi connectivity index (χ0n) is 17.5. The number of aryl methyl sites for hydroxylation is 1. The highest BCUT2D eigenvalue weighted by atomic mass is 35.5. The van der Waals surface area contributed by atoms with E-state index >= 15 is 0 Å². The highest BCUT2D eigenvalue weighted by molar-refractivity contribution is 5.85. The van der Waals surface area contributed by atoms with Gasteiger partial charge in [-0.1, -0.05) is 0 Å². The van der Waals surface area contributed by atoms with Gasteiger partial charge < -0.3 is 20.1 Å². The van der Waals surface area contributed by atoms with Crippen LogP contribution in [0.1, 0.15) is 43.1 Å². The van der Waals surface area contributed by atoms with Crippen LogP contribution in [0.2, 0.25) is 0 Å². The smallest absolute Gasteiger partial charge is 0.227 e. The summed E-state index contributed by atoms with van der Waals surface area (Å²) in [5.41, 5.74) is 7.15. The van der Waals surface area contributed by atoms with E-state index < -0.39 is 0 Å². The second kappa shape index (κ2) is 9.96. The monoisotopic (exact) mass is 441 g/mol. The number of hydrogen-bond donors (Lipinski definition) is 1. The molecular formula is C20H33Cl2N7. The van der Waals surface area contributed by atoms with Gasteiger partial charge in [-0.15, -0.1) is 24.8 Å². The standard InChI is InChI=1S/C20H31N7.2ClH/c1-14-22-6-9-27(14)13-15-4-7-26(8-5-15)19-12-18(16-10-17(21)11-16)23-20(24-19)25(2)3;;/h6,9,12,15-17H,4-5,7-8,10-11,13,21H2,1-3H3;2*1H. The van der Waals surface area contributed by atoms with E-state index in [0.717, 1.165) is 55.8 Å². The Bertz CT molecular complexity index is 781. The average Bonchev–Trinajstić information content (AvgIpc) is 3.04. The van der Waals surface area contributed by atoms with Crippen molar-refractivity contribution in [1.29, 1.82) is 0 Å². The molecule has 1 saturated heterocycles. The van der Waals surface area contributed by atoms with Crippen LogP contribution in [0.3, 0.4) is 0 Å². The van der Waals surface area contributed by atoms with E-state index in [1.807, 2.05) is 25.2 Å². The quantitative estimate of drug-likeness (QED) is 0.767. The van der Waals surface area contributed by atoms with E-state index in [9.17, 15) is 0 Å². The highest BCUT2D eigenvalue weighted by Crippen LogP contribution is 2.36. The molecule has 2 aromatic rings. The second-order valence-corrected chi connectivity index (χ2v) is 8.33. The molecular weight excluding hydrogens is 409 g/mol. The Hall–Kier alpha value is -1.57. The van der Waals surface area contributed by atoms with Crippen LogP contribution in [0.25, 0.3) is 0 Å². The number of halogens is 2. The lowest BCUT2D eigenvalue weighted by molar-refractivity contribution is 0.343. The van der Waals surface area contributed by atoms with Crippen molar-refractivity contribution < 1.29 is 0 Å². The number of piperidine rings is 1. The highest BCUT2D eigenvalue weighted by Gasteiger charge is 2.30. The molecule has 1 aliphatic heterocycles. The molecule has 4 rings (SSSR count). The summed E-state index contributed by atoms with van der Waals surface area (Å²) < 4.78 is 2.27. The Balaban J connectivity index is 0.00000150. The molecule has 7 nitrogen and oxygen atoms in total. The predicted molar refractivity (Wildman–Crippen MR) is 123 cm³/mol. The number of nitrogens with two attached hydrogens (primary N) is 1. The Kier molecular flexibility index (Phi) is 8.14. The van der Waals surface area contributed by atoms with Gasteiger partial charge in [0, 0.05) is 64.1 Å². The van der Waals surface area contributed by atoms with Gasteiger partial charge in [-0.05, 0) is 38.5 Å². The summed E-state index contributed by atoms with van der Waals surface area (Å²) in [4.78, 5) is 18.4. The molecule has 0 aromatic carbocycles. The zero-order valence-corrected chi connectivity index (χ0v) is 19.1. The number of hydrogen-bond acceptors (Lipinski definition) is 6. The lowest BCUT2D eigenvalue weighted by Gasteiger charge is -2.35. The molecule has 1 saturated carbocycles. The summed E-state index contributed by atoms with van der Waals surface area (Å²) in [5.74, 6) is 4.17. The maximum absolute atomic E-state index is 6.00. The predicted octanol–water partition coefficient (Wildman–Crippen LogP) is 3.01. The molecule has 3 heterocycles. The van der Waals surface area contributed by atoms with Gasteiger partial charge in [-0.3, -0.25) is 0 Å². The summed E-state index contributed by atoms with van der Waals surface area (Å²) in [5, 5.41) is 0. The fraction of sp³-hybridized carbons (Fsp3) is 0.650. The summed E-state index contributed by atoms with van der Waals surface area (Å²) in [6, 6.07) is 2.53. The Morgan fingerprint density at radius 2 is 1.83 bits per heavy atom. The third kappa shape index (κ3) is 5.32. The maximum atomic E-state index is 6.00. The molecule has 2 aliphatic rings. The summed E-state index contributed by atoms with van der Waals surface area (Å²) in [6.07, 6.45) is 8.42. The minimum absolute atomic E-state index is 0. The lowest BCUT2D eigenvalue weighted by atomic mass is 9.78. The van der Waals surface area contributed by atoms with Crippen molar-refractivity contribution in [2.75, 3.05) is 37.0 Å². The van der Waals surface area contributed by atoms with Gasteiger partial charge in [0.1, 0.15) is 11.6 Å². The molecule has 2 fully saturated rings. The van der Waals surface area contributed by atoms with Gasteiger partial charge in [0.05, 0.1) is 5.69 Å². The first kappa shape index (κ1) is 23.7. The van der Waals surface area contributed by atoms with Crippen molar-refractivity contribution in [3.8, 4) is 0 Å². The molecule has 0 unspecified atom stereocenters. The molecule has 0 radical (unpaired) electrons. The van der Waals surface area contributed by atoms with Gasteiger partial charge in [-0.2, -0.15) is 4.98 Å². The van der Waals surface area contributed by atoms with E-state index in [0.29, 0.717) is 17.9 Å². The van der Waals surface area contributed by atoms with Crippen molar-refractivity contribution in [2.45, 2.75) is 51.1 Å². The molecule has 29 heavy (non-hydrogen) atoms. The normalized spacial score (nSPS) is 21.7. The molecule has 0 amide bonds. The Labute approximate surface area is 185 Å². The first-order chi connectivity index (χ1) is 13.0. The van der Waals surface area contributed by atoms with E-state index in [1.165, 1.54) is 12.8 Å². The number of anilines is 2. The summed E-state index contributed by atoms with van der Waals surface area (Å²) in [6.45, 7) is 5.24. The van der Waals surface area contributed by atoms with E-state index in [1.54, 1.807) is 0 Å². The molecule has 1 aliphatic carbocycles. The SMILES string of the molecule is Cc1nccn1CC1CCN(c2cc(C3CC(N)C3)nc(N(C)C)n2)CC1.Cl.Cl. The van der Waals surface area contributed by atoms with Crippen LogP contribution in [0, 0.1) is 12.8 Å². The molecule has 2 N–H and O–H groups in total. The van der Waals surface area contributed by atoms with E-state index in [-0.39, 0.29) is 24.8 Å². The van der Waals surface area contributed by atoms with Crippen molar-refractivity contribution in [2.24, 2.45) is 11.7 Å². The van der Waals surface area contributed by atoms with Crippen LogP contribution < -0.4 is 15.5 Å². The van der Waals surface area contributed by atoms with Crippen molar-refractivity contribution in [3.05, 3.63) is 30.0 Å². The minimum Gasteiger partial charge on any atom is -0.356 e. The molecule has 0 atom stereocenters. The molecule has 0 spiro atoms. The van der Waals surface area contributed by atoms with Gasteiger partial charge in [0.15, 0.2) is 0 Å². The molecule has 162 valence electrons. The summed E-state index contributed by atoms with van der Waals surface area (Å²) in [7, 11) is 4.02. The molecule has 9 heteroatoms. The first-order valence-corrected chi connectivity index (χ1v) is 10.0. The first-order valence-electron chi connectivity index (χ1n) is 10.0. The van der Waals surface area contributed by atoms with Crippen molar-refractivity contribution in [3.63, 3.8) is 0 Å². The van der Waals surface area contributed by atoms with E-state index in [2.05, 4.69) is 33.6 Å². The largest absolute Gasteiger partial charge is 0.356 e. The topological polar surface area (TPSA) is 76.1 Å². The van der Waals surface area contributed by atoms with Gasteiger partial charge in [-0.25, -0.2) is 9.97 Å². The number of aromatic nitrogens is 4. The van der Waals surface area contributed by atoms with Crippen LogP contribution in [-0.4, -0.2) is 52.7 Å². The van der Waals surface area contributed by atoms with Crippen LogP contribution in [0.4, 0.5) is 11.8 Å². The molecule has 0 bridgehead atoms. The van der Waals surface area contributed by atoms with Gasteiger partial charge >= 0.3 is 0 Å². The zero-order chi connectivity index (χ0) is 19.0. The van der Waals surface area contributed by atoms with Crippen molar-refractivity contribution >= 4 is 36.6 Å². The summed E-state index contributed by atoms with van der Waals surface area (Å²) >= 11 is 0. The van der Waals surface area contributed by atoms with Gasteiger partial charge in [0.25, 0.3) is 0 Å². The van der Waals surface area contributed by atoms with Crippen LogP contribution >= 0.6 is 24.8 Å².